The second-order valence-electron chi connectivity index (χ2n) is 6.74. The van der Waals surface area contributed by atoms with Crippen LogP contribution < -0.4 is 10.2 Å². The molecule has 0 spiro atoms. The first kappa shape index (κ1) is 19.2. The molecule has 1 N–H and O–H groups in total. The number of hydrogen-bond acceptors (Lipinski definition) is 6. The number of amides is 1. The number of aromatic nitrogens is 1. The molecule has 4 rings (SSSR count). The number of thiazole rings is 1. The molecular weight excluding hydrogens is 388 g/mol. The fourth-order valence-corrected chi connectivity index (χ4v) is 4.99. The van der Waals surface area contributed by atoms with Gasteiger partial charge in [0.15, 0.2) is 5.13 Å². The Kier molecular flexibility index (Phi) is 6.46. The van der Waals surface area contributed by atoms with Crippen LogP contribution in [0.15, 0.2) is 59.5 Å². The summed E-state index contributed by atoms with van der Waals surface area (Å²) in [7, 11) is 0. The number of thioether (sulfide) groups is 1. The zero-order valence-corrected chi connectivity index (χ0v) is 17.3. The zero-order chi connectivity index (χ0) is 19.2. The van der Waals surface area contributed by atoms with Crippen molar-refractivity contribution in [2.24, 2.45) is 0 Å². The average molecular weight is 413 g/mol. The van der Waals surface area contributed by atoms with Crippen LogP contribution in [0.3, 0.4) is 0 Å². The smallest absolute Gasteiger partial charge is 0.230 e. The lowest BCUT2D eigenvalue weighted by molar-refractivity contribution is -0.118. The monoisotopic (exact) mass is 412 g/mol. The summed E-state index contributed by atoms with van der Waals surface area (Å²) >= 11 is 3.34. The Bertz CT molecular complexity index is 874. The largest absolute Gasteiger partial charge is 0.354 e. The van der Waals surface area contributed by atoms with Crippen LogP contribution in [0.2, 0.25) is 0 Å². The normalized spacial score (nSPS) is 15.1. The molecule has 2 heterocycles. The number of carbonyl (C=O) groups excluding carboxylic acids is 1. The number of nitrogens with zero attached hydrogens (tertiary/aromatic N) is 3. The van der Waals surface area contributed by atoms with E-state index in [2.05, 4.69) is 33.3 Å². The molecule has 1 fully saturated rings. The lowest BCUT2D eigenvalue weighted by Crippen LogP contribution is -2.48. The van der Waals surface area contributed by atoms with Crippen molar-refractivity contribution in [3.8, 4) is 0 Å². The van der Waals surface area contributed by atoms with Crippen molar-refractivity contribution in [2.75, 3.05) is 49.9 Å². The van der Waals surface area contributed by atoms with Gasteiger partial charge in [0.1, 0.15) is 0 Å². The van der Waals surface area contributed by atoms with Crippen molar-refractivity contribution in [3.63, 3.8) is 0 Å². The van der Waals surface area contributed by atoms with Crippen LogP contribution in [0.5, 0.6) is 0 Å². The molecule has 0 saturated carbocycles. The molecule has 5 nitrogen and oxygen atoms in total. The summed E-state index contributed by atoms with van der Waals surface area (Å²) in [6.45, 7) is 5.58. The van der Waals surface area contributed by atoms with Gasteiger partial charge in [0, 0.05) is 44.2 Å². The molecule has 7 heteroatoms. The number of benzene rings is 2. The van der Waals surface area contributed by atoms with E-state index >= 15 is 0 Å². The van der Waals surface area contributed by atoms with Gasteiger partial charge in [-0.05, 0) is 24.3 Å². The van der Waals surface area contributed by atoms with E-state index < -0.39 is 0 Å². The van der Waals surface area contributed by atoms with Crippen LogP contribution >= 0.6 is 23.1 Å². The van der Waals surface area contributed by atoms with Gasteiger partial charge in [-0.25, -0.2) is 4.98 Å². The molecule has 0 unspecified atom stereocenters. The predicted molar refractivity (Wildman–Crippen MR) is 118 cm³/mol. The number of piperazine rings is 1. The van der Waals surface area contributed by atoms with Gasteiger partial charge in [-0.15, -0.1) is 11.8 Å². The molecule has 146 valence electrons. The van der Waals surface area contributed by atoms with Gasteiger partial charge in [-0.3, -0.25) is 9.69 Å². The molecule has 3 aromatic rings. The second kappa shape index (κ2) is 9.41. The Morgan fingerprint density at radius 3 is 2.57 bits per heavy atom. The van der Waals surface area contributed by atoms with Gasteiger partial charge in [0.25, 0.3) is 0 Å². The van der Waals surface area contributed by atoms with E-state index in [-0.39, 0.29) is 5.91 Å². The lowest BCUT2D eigenvalue weighted by Gasteiger charge is -2.34. The SMILES string of the molecule is O=C(CSc1ccccc1)NCCN1CCN(c2nc3ccccc3s2)CC1. The Hall–Kier alpha value is -2.09. The third-order valence-corrected chi connectivity index (χ3v) is 6.90. The summed E-state index contributed by atoms with van der Waals surface area (Å²) in [6, 6.07) is 18.3. The number of para-hydroxylation sites is 1. The topological polar surface area (TPSA) is 48.5 Å². The van der Waals surface area contributed by atoms with E-state index in [4.69, 9.17) is 4.98 Å². The summed E-state index contributed by atoms with van der Waals surface area (Å²) in [5, 5.41) is 4.15. The first-order valence-corrected chi connectivity index (χ1v) is 11.4. The highest BCUT2D eigenvalue weighted by Gasteiger charge is 2.19. The molecule has 1 aliphatic heterocycles. The highest BCUT2D eigenvalue weighted by Crippen LogP contribution is 2.29. The Balaban J connectivity index is 1.16. The fourth-order valence-electron chi connectivity index (χ4n) is 3.23. The summed E-state index contributed by atoms with van der Waals surface area (Å²) in [6.07, 6.45) is 0. The van der Waals surface area contributed by atoms with E-state index in [0.29, 0.717) is 12.3 Å². The van der Waals surface area contributed by atoms with Gasteiger partial charge in [0.05, 0.1) is 16.0 Å². The number of rotatable bonds is 7. The number of carbonyl (C=O) groups is 1. The van der Waals surface area contributed by atoms with E-state index in [1.807, 2.05) is 36.4 Å². The molecular formula is C21H24N4OS2. The van der Waals surface area contributed by atoms with Gasteiger partial charge in [-0.2, -0.15) is 0 Å². The summed E-state index contributed by atoms with van der Waals surface area (Å²) in [4.78, 5) is 22.7. The highest BCUT2D eigenvalue weighted by atomic mass is 32.2. The highest BCUT2D eigenvalue weighted by molar-refractivity contribution is 8.00. The van der Waals surface area contributed by atoms with Crippen LogP contribution in [-0.4, -0.2) is 60.8 Å². The quantitative estimate of drug-likeness (QED) is 0.603. The zero-order valence-electron chi connectivity index (χ0n) is 15.7. The minimum absolute atomic E-state index is 0.0990. The maximum atomic E-state index is 12.0. The lowest BCUT2D eigenvalue weighted by atomic mass is 10.3. The third kappa shape index (κ3) is 5.04. The van der Waals surface area contributed by atoms with Crippen LogP contribution in [0, 0.1) is 0 Å². The summed E-state index contributed by atoms with van der Waals surface area (Å²) < 4.78 is 1.25. The molecule has 0 atom stereocenters. The van der Waals surface area contributed by atoms with Gasteiger partial charge < -0.3 is 10.2 Å². The molecule has 0 radical (unpaired) electrons. The van der Waals surface area contributed by atoms with Gasteiger partial charge in [0.2, 0.25) is 5.91 Å². The van der Waals surface area contributed by atoms with Crippen LogP contribution in [-0.2, 0) is 4.79 Å². The Morgan fingerprint density at radius 2 is 1.79 bits per heavy atom. The van der Waals surface area contributed by atoms with Crippen molar-refractivity contribution < 1.29 is 4.79 Å². The van der Waals surface area contributed by atoms with E-state index in [0.717, 1.165) is 48.3 Å². The van der Waals surface area contributed by atoms with Crippen molar-refractivity contribution in [1.82, 2.24) is 15.2 Å². The fraction of sp³-hybridized carbons (Fsp3) is 0.333. The van der Waals surface area contributed by atoms with Crippen molar-refractivity contribution in [3.05, 3.63) is 54.6 Å². The first-order valence-electron chi connectivity index (χ1n) is 9.55. The summed E-state index contributed by atoms with van der Waals surface area (Å²) in [5.41, 5.74) is 1.08. The molecule has 2 aromatic carbocycles. The number of nitrogens with one attached hydrogen (secondary N) is 1. The standard InChI is InChI=1S/C21H24N4OS2/c26-20(16-27-17-6-2-1-3-7-17)22-10-11-24-12-14-25(15-13-24)21-23-18-8-4-5-9-19(18)28-21/h1-9H,10-16H2,(H,22,26). The number of hydrogen-bond donors (Lipinski definition) is 1. The Morgan fingerprint density at radius 1 is 1.04 bits per heavy atom. The molecule has 0 aliphatic carbocycles. The van der Waals surface area contributed by atoms with Crippen molar-refractivity contribution >= 4 is 44.4 Å². The van der Waals surface area contributed by atoms with Crippen LogP contribution in [0.1, 0.15) is 0 Å². The Labute approximate surface area is 173 Å². The minimum Gasteiger partial charge on any atom is -0.354 e. The second-order valence-corrected chi connectivity index (χ2v) is 8.80. The van der Waals surface area contributed by atoms with Gasteiger partial charge in [-0.1, -0.05) is 41.7 Å². The van der Waals surface area contributed by atoms with E-state index in [9.17, 15) is 4.79 Å². The van der Waals surface area contributed by atoms with E-state index in [1.54, 1.807) is 23.1 Å². The van der Waals surface area contributed by atoms with Crippen molar-refractivity contribution in [2.45, 2.75) is 4.90 Å². The number of anilines is 1. The minimum atomic E-state index is 0.0990. The molecule has 28 heavy (non-hydrogen) atoms. The maximum Gasteiger partial charge on any atom is 0.230 e. The predicted octanol–water partition coefficient (Wildman–Crippen LogP) is 3.33. The van der Waals surface area contributed by atoms with Crippen LogP contribution in [0.25, 0.3) is 10.2 Å². The van der Waals surface area contributed by atoms with E-state index in [1.165, 1.54) is 4.70 Å². The molecule has 0 bridgehead atoms. The molecule has 1 aliphatic rings. The van der Waals surface area contributed by atoms with Gasteiger partial charge >= 0.3 is 0 Å². The molecule has 1 saturated heterocycles. The van der Waals surface area contributed by atoms with Crippen molar-refractivity contribution in [1.29, 1.82) is 0 Å². The first-order chi connectivity index (χ1) is 13.8. The maximum absolute atomic E-state index is 12.0. The van der Waals surface area contributed by atoms with Crippen LogP contribution in [0.4, 0.5) is 5.13 Å². The number of fused-ring (bicyclic) bond motifs is 1. The summed E-state index contributed by atoms with van der Waals surface area (Å²) in [5.74, 6) is 0.567. The molecule has 1 amide bonds. The molecule has 1 aromatic heterocycles. The third-order valence-electron chi connectivity index (χ3n) is 4.79. The average Bonchev–Trinajstić information content (AvgIpc) is 3.18.